The molecular formula is C18H39NaOS. The fourth-order valence-corrected chi connectivity index (χ4v) is 3.42. The Morgan fingerprint density at radius 3 is 1.29 bits per heavy atom. The zero-order valence-corrected chi connectivity index (χ0v) is 17.9. The van der Waals surface area contributed by atoms with Crippen molar-refractivity contribution in [3.8, 4) is 0 Å². The van der Waals surface area contributed by atoms with Crippen LogP contribution in [0.5, 0.6) is 0 Å². The van der Waals surface area contributed by atoms with Crippen LogP contribution in [0.3, 0.4) is 0 Å². The van der Waals surface area contributed by atoms with Gasteiger partial charge in [0.05, 0.1) is 0 Å². The zero-order chi connectivity index (χ0) is 14.9. The third-order valence-corrected chi connectivity index (χ3v) is 5.44. The van der Waals surface area contributed by atoms with Gasteiger partial charge in [0.2, 0.25) is 0 Å². The molecule has 0 aliphatic rings. The third-order valence-electron chi connectivity index (χ3n) is 4.05. The Bertz CT molecular complexity index is 215. The maximum absolute atomic E-state index is 11.2. The van der Waals surface area contributed by atoms with Crippen molar-refractivity contribution in [3.63, 3.8) is 0 Å². The summed E-state index contributed by atoms with van der Waals surface area (Å²) in [5.74, 6) is 1.76. The summed E-state index contributed by atoms with van der Waals surface area (Å²) in [6.45, 7) is 4.29. The first-order valence-corrected chi connectivity index (χ1v) is 10.6. The Hall–Kier alpha value is 1.15. The average Bonchev–Trinajstić information content (AvgIpc) is 2.47. The van der Waals surface area contributed by atoms with Crippen LogP contribution in [-0.4, -0.2) is 15.7 Å². The Morgan fingerprint density at radius 2 is 0.952 bits per heavy atom. The van der Waals surface area contributed by atoms with Crippen molar-refractivity contribution in [1.29, 1.82) is 0 Å². The summed E-state index contributed by atoms with van der Waals surface area (Å²) in [6.07, 6.45) is 19.5. The molecule has 0 saturated heterocycles. The van der Waals surface area contributed by atoms with Gasteiger partial charge in [0.25, 0.3) is 0 Å². The molecule has 3 heteroatoms. The molecular weight excluding hydrogens is 287 g/mol. The smallest absolute Gasteiger partial charge is 1.00 e. The molecule has 0 spiro atoms. The van der Waals surface area contributed by atoms with E-state index in [1.165, 1.54) is 83.5 Å². The minimum atomic E-state index is -0.543. The van der Waals surface area contributed by atoms with E-state index in [1.807, 2.05) is 6.92 Å². The van der Waals surface area contributed by atoms with E-state index < -0.39 is 10.8 Å². The predicted octanol–water partition coefficient (Wildman–Crippen LogP) is 3.35. The molecule has 0 radical (unpaired) electrons. The molecule has 0 aromatic heterocycles. The van der Waals surface area contributed by atoms with Crippen molar-refractivity contribution < 1.29 is 35.2 Å². The quantitative estimate of drug-likeness (QED) is 0.314. The molecule has 0 aromatic carbocycles. The monoisotopic (exact) mass is 326 g/mol. The number of unbranched alkanes of at least 4 members (excludes halogenated alkanes) is 13. The predicted molar refractivity (Wildman–Crippen MR) is 95.0 cm³/mol. The van der Waals surface area contributed by atoms with Gasteiger partial charge in [0.1, 0.15) is 0 Å². The van der Waals surface area contributed by atoms with E-state index in [-0.39, 0.29) is 31.0 Å². The van der Waals surface area contributed by atoms with E-state index in [1.54, 1.807) is 0 Å². The van der Waals surface area contributed by atoms with Gasteiger partial charge in [-0.2, -0.15) is 0 Å². The van der Waals surface area contributed by atoms with E-state index in [0.717, 1.165) is 17.9 Å². The molecule has 0 aromatic rings. The van der Waals surface area contributed by atoms with Gasteiger partial charge in [0.15, 0.2) is 0 Å². The summed E-state index contributed by atoms with van der Waals surface area (Å²) >= 11 is 0. The van der Waals surface area contributed by atoms with Crippen molar-refractivity contribution in [1.82, 2.24) is 0 Å². The van der Waals surface area contributed by atoms with Gasteiger partial charge in [-0.25, -0.2) is 0 Å². The third kappa shape index (κ3) is 21.1. The first kappa shape index (κ1) is 24.4. The van der Waals surface area contributed by atoms with Crippen molar-refractivity contribution >= 4 is 10.8 Å². The molecule has 0 aliphatic carbocycles. The van der Waals surface area contributed by atoms with Crippen LogP contribution in [0.15, 0.2) is 0 Å². The molecule has 0 amide bonds. The van der Waals surface area contributed by atoms with E-state index in [4.69, 9.17) is 0 Å². The van der Waals surface area contributed by atoms with Crippen molar-refractivity contribution in [2.45, 2.75) is 104 Å². The standard InChI is InChI=1S/C18H38OS.Na.H/c1-3-5-6-7-8-9-10-11-12-13-14-15-16-17-18-20(19)4-2;;/h3-18H2,1-2H3;;/q;+1;-1. The van der Waals surface area contributed by atoms with Crippen LogP contribution >= 0.6 is 0 Å². The minimum Gasteiger partial charge on any atom is -1.00 e. The number of hydrogen-bond acceptors (Lipinski definition) is 1. The Balaban J connectivity index is -0.00000180. The molecule has 0 fully saturated rings. The second-order valence-electron chi connectivity index (χ2n) is 6.03. The van der Waals surface area contributed by atoms with Gasteiger partial charge in [-0.15, -0.1) is 0 Å². The first-order valence-electron chi connectivity index (χ1n) is 9.16. The normalized spacial score (nSPS) is 12.1. The maximum Gasteiger partial charge on any atom is 1.00 e. The van der Waals surface area contributed by atoms with E-state index >= 15 is 0 Å². The fourth-order valence-electron chi connectivity index (χ4n) is 2.60. The summed E-state index contributed by atoms with van der Waals surface area (Å²) in [5.41, 5.74) is 0. The van der Waals surface area contributed by atoms with Crippen LogP contribution in [0.4, 0.5) is 0 Å². The number of rotatable bonds is 16. The summed E-state index contributed by atoms with van der Waals surface area (Å²) in [6, 6.07) is 0. The average molecular weight is 327 g/mol. The van der Waals surface area contributed by atoms with Crippen LogP contribution in [0, 0.1) is 0 Å². The second-order valence-corrected chi connectivity index (χ2v) is 7.89. The molecule has 0 bridgehead atoms. The van der Waals surface area contributed by atoms with Gasteiger partial charge in [-0.05, 0) is 6.42 Å². The summed E-state index contributed by atoms with van der Waals surface area (Å²) < 4.78 is 11.2. The molecule has 0 aliphatic heterocycles. The van der Waals surface area contributed by atoms with Gasteiger partial charge >= 0.3 is 29.6 Å². The molecule has 1 nitrogen and oxygen atoms in total. The van der Waals surface area contributed by atoms with Crippen LogP contribution in [0.25, 0.3) is 0 Å². The molecule has 21 heavy (non-hydrogen) atoms. The van der Waals surface area contributed by atoms with Crippen LogP contribution in [-0.2, 0) is 10.8 Å². The molecule has 124 valence electrons. The van der Waals surface area contributed by atoms with Crippen LogP contribution in [0.1, 0.15) is 105 Å². The first-order chi connectivity index (χ1) is 9.81. The van der Waals surface area contributed by atoms with Gasteiger partial charge in [0, 0.05) is 22.3 Å². The van der Waals surface area contributed by atoms with Crippen LogP contribution in [0.2, 0.25) is 0 Å². The summed E-state index contributed by atoms with van der Waals surface area (Å²) in [4.78, 5) is 0. The second kappa shape index (κ2) is 21.1. The SMILES string of the molecule is CCCCCCCCCCCCCCCCS(=O)CC.[H-].[Na+]. The van der Waals surface area contributed by atoms with E-state index in [9.17, 15) is 4.21 Å². The summed E-state index contributed by atoms with van der Waals surface area (Å²) in [7, 11) is -0.543. The number of hydrogen-bond donors (Lipinski definition) is 0. The molecule has 0 N–H and O–H groups in total. The minimum absolute atomic E-state index is 0. The van der Waals surface area contributed by atoms with Crippen molar-refractivity contribution in [3.05, 3.63) is 0 Å². The zero-order valence-electron chi connectivity index (χ0n) is 16.1. The van der Waals surface area contributed by atoms with Gasteiger partial charge in [-0.1, -0.05) is 97.3 Å². The van der Waals surface area contributed by atoms with E-state index in [2.05, 4.69) is 6.92 Å². The van der Waals surface area contributed by atoms with E-state index in [0.29, 0.717) is 0 Å². The van der Waals surface area contributed by atoms with Crippen molar-refractivity contribution in [2.75, 3.05) is 11.5 Å². The molecule has 0 heterocycles. The van der Waals surface area contributed by atoms with Gasteiger partial charge in [-0.3, -0.25) is 4.21 Å². The Labute approximate surface area is 160 Å². The Morgan fingerprint density at radius 1 is 0.619 bits per heavy atom. The largest absolute Gasteiger partial charge is 1.00 e. The van der Waals surface area contributed by atoms with Gasteiger partial charge < -0.3 is 1.43 Å². The molecule has 1 unspecified atom stereocenters. The molecule has 0 rings (SSSR count). The topological polar surface area (TPSA) is 17.1 Å². The molecule has 1 atom stereocenters. The Kier molecular flexibility index (Phi) is 24.6. The van der Waals surface area contributed by atoms with Crippen LogP contribution < -0.4 is 29.6 Å². The summed E-state index contributed by atoms with van der Waals surface area (Å²) in [5, 5.41) is 0. The fraction of sp³-hybridized carbons (Fsp3) is 1.00. The van der Waals surface area contributed by atoms with Crippen molar-refractivity contribution in [2.24, 2.45) is 0 Å². The molecule has 0 saturated carbocycles. The maximum atomic E-state index is 11.2.